The highest BCUT2D eigenvalue weighted by molar-refractivity contribution is 5.59. The number of methoxy groups -OCH3 is 1. The maximum atomic E-state index is 5.55. The summed E-state index contributed by atoms with van der Waals surface area (Å²) in [6.07, 6.45) is 1.41. The van der Waals surface area contributed by atoms with Crippen LogP contribution in [0.5, 0.6) is 5.75 Å². The van der Waals surface area contributed by atoms with Gasteiger partial charge in [0.15, 0.2) is 0 Å². The standard InChI is InChI=1S/C11H12N4O/c1-16-9-4-2-3-8(5-9)15-11-6-10(12)13-7-14-11/h2-7H,1H3,(H3,12,13,14,15). The first kappa shape index (κ1) is 10.2. The number of aromatic nitrogens is 2. The third kappa shape index (κ3) is 2.38. The average Bonchev–Trinajstić information content (AvgIpc) is 2.29. The van der Waals surface area contributed by atoms with Crippen molar-refractivity contribution < 1.29 is 4.74 Å². The van der Waals surface area contributed by atoms with Crippen molar-refractivity contribution in [1.29, 1.82) is 0 Å². The normalized spacial score (nSPS) is 9.81. The number of rotatable bonds is 3. The zero-order valence-electron chi connectivity index (χ0n) is 8.84. The third-order valence-corrected chi connectivity index (χ3v) is 2.03. The lowest BCUT2D eigenvalue weighted by atomic mass is 10.3. The molecular weight excluding hydrogens is 204 g/mol. The van der Waals surface area contributed by atoms with Gasteiger partial charge >= 0.3 is 0 Å². The molecule has 3 N–H and O–H groups in total. The topological polar surface area (TPSA) is 73.1 Å². The maximum absolute atomic E-state index is 5.55. The molecule has 0 aliphatic carbocycles. The van der Waals surface area contributed by atoms with Gasteiger partial charge in [0, 0.05) is 17.8 Å². The molecule has 1 aromatic heterocycles. The average molecular weight is 216 g/mol. The number of hydrogen-bond acceptors (Lipinski definition) is 5. The Morgan fingerprint density at radius 2 is 2.12 bits per heavy atom. The van der Waals surface area contributed by atoms with Gasteiger partial charge in [0.2, 0.25) is 0 Å². The number of nitrogens with zero attached hydrogens (tertiary/aromatic N) is 2. The Morgan fingerprint density at radius 1 is 1.25 bits per heavy atom. The highest BCUT2D eigenvalue weighted by atomic mass is 16.5. The van der Waals surface area contributed by atoms with Crippen LogP contribution in [0.15, 0.2) is 36.7 Å². The van der Waals surface area contributed by atoms with Crippen molar-refractivity contribution in [3.63, 3.8) is 0 Å². The molecule has 0 saturated carbocycles. The molecule has 0 saturated heterocycles. The molecule has 0 aliphatic rings. The van der Waals surface area contributed by atoms with Gasteiger partial charge in [-0.05, 0) is 12.1 Å². The molecule has 1 aromatic carbocycles. The summed E-state index contributed by atoms with van der Waals surface area (Å²) >= 11 is 0. The first-order valence-corrected chi connectivity index (χ1v) is 4.76. The molecule has 0 radical (unpaired) electrons. The van der Waals surface area contributed by atoms with Crippen molar-refractivity contribution in [2.45, 2.75) is 0 Å². The minimum absolute atomic E-state index is 0.431. The minimum Gasteiger partial charge on any atom is -0.497 e. The van der Waals surface area contributed by atoms with Crippen LogP contribution < -0.4 is 15.8 Å². The molecule has 0 unspecified atom stereocenters. The van der Waals surface area contributed by atoms with Crippen LogP contribution >= 0.6 is 0 Å². The van der Waals surface area contributed by atoms with Crippen LogP contribution in [0.4, 0.5) is 17.3 Å². The second kappa shape index (κ2) is 4.48. The van der Waals surface area contributed by atoms with E-state index in [4.69, 9.17) is 10.5 Å². The molecule has 5 nitrogen and oxygen atoms in total. The predicted octanol–water partition coefficient (Wildman–Crippen LogP) is 1.81. The first-order valence-electron chi connectivity index (χ1n) is 4.76. The highest BCUT2D eigenvalue weighted by Gasteiger charge is 1.98. The van der Waals surface area contributed by atoms with Gasteiger partial charge in [-0.3, -0.25) is 0 Å². The molecule has 5 heteroatoms. The summed E-state index contributed by atoms with van der Waals surface area (Å²) < 4.78 is 5.12. The number of ether oxygens (including phenoxy) is 1. The lowest BCUT2D eigenvalue weighted by Crippen LogP contribution is -1.97. The monoisotopic (exact) mass is 216 g/mol. The van der Waals surface area contributed by atoms with E-state index in [0.29, 0.717) is 11.6 Å². The zero-order chi connectivity index (χ0) is 11.4. The smallest absolute Gasteiger partial charge is 0.135 e. The fourth-order valence-electron chi connectivity index (χ4n) is 1.29. The van der Waals surface area contributed by atoms with E-state index >= 15 is 0 Å². The van der Waals surface area contributed by atoms with Crippen LogP contribution in [0.1, 0.15) is 0 Å². The lowest BCUT2D eigenvalue weighted by Gasteiger charge is -2.07. The van der Waals surface area contributed by atoms with Crippen molar-refractivity contribution >= 4 is 17.3 Å². The van der Waals surface area contributed by atoms with Gasteiger partial charge in [0.1, 0.15) is 23.7 Å². The second-order valence-corrected chi connectivity index (χ2v) is 3.19. The first-order chi connectivity index (χ1) is 7.78. The van der Waals surface area contributed by atoms with Crippen LogP contribution in [-0.4, -0.2) is 17.1 Å². The Balaban J connectivity index is 2.20. The van der Waals surface area contributed by atoms with Crippen LogP contribution in [0, 0.1) is 0 Å². The maximum Gasteiger partial charge on any atom is 0.135 e. The van der Waals surface area contributed by atoms with E-state index in [-0.39, 0.29) is 0 Å². The number of nitrogens with two attached hydrogens (primary N) is 1. The summed E-state index contributed by atoms with van der Waals surface area (Å²) in [5.74, 6) is 1.87. The molecule has 0 amide bonds. The molecule has 0 bridgehead atoms. The summed E-state index contributed by atoms with van der Waals surface area (Å²) in [5.41, 5.74) is 6.44. The van der Waals surface area contributed by atoms with Crippen molar-refractivity contribution in [2.75, 3.05) is 18.2 Å². The summed E-state index contributed by atoms with van der Waals surface area (Å²) in [6, 6.07) is 9.23. The van der Waals surface area contributed by atoms with Crippen molar-refractivity contribution in [3.05, 3.63) is 36.7 Å². The van der Waals surface area contributed by atoms with E-state index in [1.165, 1.54) is 6.33 Å². The Hall–Kier alpha value is -2.30. The highest BCUT2D eigenvalue weighted by Crippen LogP contribution is 2.20. The molecule has 0 aliphatic heterocycles. The fraction of sp³-hybridized carbons (Fsp3) is 0.0909. The van der Waals surface area contributed by atoms with Gasteiger partial charge < -0.3 is 15.8 Å². The number of hydrogen-bond donors (Lipinski definition) is 2. The molecular formula is C11H12N4O. The minimum atomic E-state index is 0.431. The van der Waals surface area contributed by atoms with Gasteiger partial charge in [-0.1, -0.05) is 6.07 Å². The Bertz CT molecular complexity index is 487. The van der Waals surface area contributed by atoms with E-state index in [2.05, 4.69) is 15.3 Å². The number of anilines is 3. The number of nitrogen functional groups attached to an aromatic ring is 1. The molecule has 16 heavy (non-hydrogen) atoms. The summed E-state index contributed by atoms with van der Waals surface area (Å²) in [7, 11) is 1.63. The second-order valence-electron chi connectivity index (χ2n) is 3.19. The summed E-state index contributed by atoms with van der Waals surface area (Å²) in [5, 5.41) is 3.11. The fourth-order valence-corrected chi connectivity index (χ4v) is 1.29. The van der Waals surface area contributed by atoms with Gasteiger partial charge in [-0.25, -0.2) is 9.97 Å². The largest absolute Gasteiger partial charge is 0.497 e. The van der Waals surface area contributed by atoms with Crippen LogP contribution in [0.3, 0.4) is 0 Å². The Morgan fingerprint density at radius 3 is 2.88 bits per heavy atom. The van der Waals surface area contributed by atoms with Crippen LogP contribution in [0.25, 0.3) is 0 Å². The van der Waals surface area contributed by atoms with Crippen molar-refractivity contribution in [2.24, 2.45) is 0 Å². The number of nitrogens with one attached hydrogen (secondary N) is 1. The van der Waals surface area contributed by atoms with Gasteiger partial charge in [-0.2, -0.15) is 0 Å². The predicted molar refractivity (Wildman–Crippen MR) is 62.7 cm³/mol. The molecule has 2 aromatic rings. The molecule has 82 valence electrons. The molecule has 0 fully saturated rings. The van der Waals surface area contributed by atoms with Gasteiger partial charge in [0.25, 0.3) is 0 Å². The summed E-state index contributed by atoms with van der Waals surface area (Å²) in [6.45, 7) is 0. The Kier molecular flexibility index (Phi) is 2.86. The number of benzene rings is 1. The molecule has 0 spiro atoms. The quantitative estimate of drug-likeness (QED) is 0.818. The van der Waals surface area contributed by atoms with E-state index in [9.17, 15) is 0 Å². The Labute approximate surface area is 93.3 Å². The lowest BCUT2D eigenvalue weighted by molar-refractivity contribution is 0.415. The van der Waals surface area contributed by atoms with E-state index in [1.807, 2.05) is 24.3 Å². The van der Waals surface area contributed by atoms with E-state index in [0.717, 1.165) is 11.4 Å². The molecule has 0 atom stereocenters. The summed E-state index contributed by atoms with van der Waals surface area (Å²) in [4.78, 5) is 7.86. The van der Waals surface area contributed by atoms with E-state index in [1.54, 1.807) is 13.2 Å². The van der Waals surface area contributed by atoms with Crippen molar-refractivity contribution in [3.8, 4) is 5.75 Å². The van der Waals surface area contributed by atoms with Crippen LogP contribution in [0.2, 0.25) is 0 Å². The van der Waals surface area contributed by atoms with Crippen LogP contribution in [-0.2, 0) is 0 Å². The third-order valence-electron chi connectivity index (χ3n) is 2.03. The molecule has 1 heterocycles. The molecule has 2 rings (SSSR count). The zero-order valence-corrected chi connectivity index (χ0v) is 8.84. The van der Waals surface area contributed by atoms with E-state index < -0.39 is 0 Å². The van der Waals surface area contributed by atoms with Crippen molar-refractivity contribution in [1.82, 2.24) is 9.97 Å². The SMILES string of the molecule is COc1cccc(Nc2cc(N)ncn2)c1. The van der Waals surface area contributed by atoms with Gasteiger partial charge in [0.05, 0.1) is 7.11 Å². The van der Waals surface area contributed by atoms with Gasteiger partial charge in [-0.15, -0.1) is 0 Å².